The fraction of sp³-hybridized carbons (Fsp3) is 0.615. The van der Waals surface area contributed by atoms with Crippen LogP contribution in [-0.4, -0.2) is 30.2 Å². The number of nitrogens with zero attached hydrogens (tertiary/aromatic N) is 1. The third-order valence-electron chi connectivity index (χ3n) is 2.61. The number of ether oxygens (including phenoxy) is 1. The van der Waals surface area contributed by atoms with E-state index in [-0.39, 0.29) is 5.91 Å². The van der Waals surface area contributed by atoms with Gasteiger partial charge in [-0.05, 0) is 35.3 Å². The number of carbonyl (C=O) groups excluding carboxylic acids is 1. The first-order chi connectivity index (χ1) is 8.69. The Hall–Kier alpha value is -0.810. The van der Waals surface area contributed by atoms with Gasteiger partial charge in [0.25, 0.3) is 5.91 Å². The molecule has 0 fully saturated rings. The number of unbranched alkanes of at least 4 members (excludes halogenated alkanes) is 1. The van der Waals surface area contributed by atoms with E-state index in [9.17, 15) is 4.79 Å². The van der Waals surface area contributed by atoms with Gasteiger partial charge in [-0.15, -0.1) is 0 Å². The Bertz CT molecular complexity index is 377. The number of halogens is 1. The molecular formula is C13H21BrN2O2. The first kappa shape index (κ1) is 15.2. The molecule has 0 atom stereocenters. The molecule has 0 aliphatic heterocycles. The van der Waals surface area contributed by atoms with E-state index in [1.54, 1.807) is 0 Å². The number of carbonyl (C=O) groups is 1. The highest BCUT2D eigenvalue weighted by Gasteiger charge is 2.11. The number of nitrogens with one attached hydrogen (secondary N) is 1. The molecule has 1 aromatic heterocycles. The molecule has 18 heavy (non-hydrogen) atoms. The number of hydrogen-bond donors (Lipinski definition) is 1. The Morgan fingerprint density at radius 2 is 2.22 bits per heavy atom. The molecule has 1 rings (SSSR count). The van der Waals surface area contributed by atoms with Crippen LogP contribution in [0.25, 0.3) is 0 Å². The van der Waals surface area contributed by atoms with Crippen LogP contribution in [0.3, 0.4) is 0 Å². The zero-order valence-corrected chi connectivity index (χ0v) is 12.6. The summed E-state index contributed by atoms with van der Waals surface area (Å²) in [6, 6.07) is 1.83. The Labute approximate surface area is 117 Å². The molecule has 1 heterocycles. The Balaban J connectivity index is 2.32. The van der Waals surface area contributed by atoms with E-state index >= 15 is 0 Å². The maximum atomic E-state index is 11.9. The zero-order chi connectivity index (χ0) is 13.4. The van der Waals surface area contributed by atoms with Crippen LogP contribution < -0.4 is 5.32 Å². The monoisotopic (exact) mass is 316 g/mol. The van der Waals surface area contributed by atoms with Gasteiger partial charge in [0.15, 0.2) is 0 Å². The minimum Gasteiger partial charge on any atom is -0.380 e. The highest BCUT2D eigenvalue weighted by molar-refractivity contribution is 9.10. The molecule has 0 saturated heterocycles. The number of amides is 1. The van der Waals surface area contributed by atoms with Crippen molar-refractivity contribution < 1.29 is 9.53 Å². The molecule has 0 aliphatic rings. The van der Waals surface area contributed by atoms with Crippen molar-refractivity contribution in [3.05, 3.63) is 22.4 Å². The molecule has 5 heteroatoms. The molecule has 0 unspecified atom stereocenters. The first-order valence-electron chi connectivity index (χ1n) is 6.40. The van der Waals surface area contributed by atoms with Crippen LogP contribution in [0.4, 0.5) is 0 Å². The maximum Gasteiger partial charge on any atom is 0.268 e. The van der Waals surface area contributed by atoms with E-state index in [4.69, 9.17) is 4.74 Å². The second-order valence-corrected chi connectivity index (χ2v) is 4.97. The number of aryl methyl sites for hydroxylation is 1. The lowest BCUT2D eigenvalue weighted by atomic mass is 10.4. The quantitative estimate of drug-likeness (QED) is 0.749. The van der Waals surface area contributed by atoms with Crippen molar-refractivity contribution in [2.45, 2.75) is 33.2 Å². The maximum absolute atomic E-state index is 11.9. The van der Waals surface area contributed by atoms with Gasteiger partial charge in [0, 0.05) is 30.4 Å². The van der Waals surface area contributed by atoms with Gasteiger partial charge in [-0.1, -0.05) is 13.3 Å². The summed E-state index contributed by atoms with van der Waals surface area (Å²) >= 11 is 3.38. The van der Waals surface area contributed by atoms with Crippen LogP contribution >= 0.6 is 15.9 Å². The van der Waals surface area contributed by atoms with Crippen LogP contribution in [0, 0.1) is 0 Å². The van der Waals surface area contributed by atoms with Gasteiger partial charge in [-0.25, -0.2) is 0 Å². The summed E-state index contributed by atoms with van der Waals surface area (Å²) < 4.78 is 8.23. The summed E-state index contributed by atoms with van der Waals surface area (Å²) in [6.07, 6.45) is 4.11. The van der Waals surface area contributed by atoms with Crippen molar-refractivity contribution >= 4 is 21.8 Å². The molecule has 1 aromatic rings. The normalized spacial score (nSPS) is 10.6. The van der Waals surface area contributed by atoms with E-state index in [2.05, 4.69) is 28.2 Å². The van der Waals surface area contributed by atoms with Gasteiger partial charge < -0.3 is 14.6 Å². The summed E-state index contributed by atoms with van der Waals surface area (Å²) in [5, 5.41) is 2.86. The van der Waals surface area contributed by atoms with Crippen LogP contribution in [-0.2, 0) is 11.3 Å². The minimum atomic E-state index is -0.0540. The molecule has 0 aromatic carbocycles. The second kappa shape index (κ2) is 8.32. The topological polar surface area (TPSA) is 43.3 Å². The molecule has 0 bridgehead atoms. The summed E-state index contributed by atoms with van der Waals surface area (Å²) in [5.74, 6) is -0.0540. The van der Waals surface area contributed by atoms with Gasteiger partial charge in [-0.3, -0.25) is 4.79 Å². The van der Waals surface area contributed by atoms with Crippen molar-refractivity contribution in [3.8, 4) is 0 Å². The van der Waals surface area contributed by atoms with E-state index in [0.717, 1.165) is 30.5 Å². The molecule has 1 N–H and O–H groups in total. The van der Waals surface area contributed by atoms with E-state index < -0.39 is 0 Å². The average molecular weight is 317 g/mol. The Morgan fingerprint density at radius 1 is 1.44 bits per heavy atom. The van der Waals surface area contributed by atoms with Crippen molar-refractivity contribution in [2.75, 3.05) is 19.8 Å². The zero-order valence-electron chi connectivity index (χ0n) is 11.0. The van der Waals surface area contributed by atoms with Gasteiger partial charge in [0.2, 0.25) is 0 Å². The highest BCUT2D eigenvalue weighted by Crippen LogP contribution is 2.14. The molecular weight excluding hydrogens is 296 g/mol. The second-order valence-electron chi connectivity index (χ2n) is 4.05. The molecule has 1 amide bonds. The van der Waals surface area contributed by atoms with Crippen LogP contribution in [0.2, 0.25) is 0 Å². The summed E-state index contributed by atoms with van der Waals surface area (Å²) in [7, 11) is 0. The summed E-state index contributed by atoms with van der Waals surface area (Å²) in [6.45, 7) is 6.80. The van der Waals surface area contributed by atoms with Gasteiger partial charge >= 0.3 is 0 Å². The van der Waals surface area contributed by atoms with Crippen molar-refractivity contribution in [2.24, 2.45) is 0 Å². The third-order valence-corrected chi connectivity index (χ3v) is 3.04. The lowest BCUT2D eigenvalue weighted by molar-refractivity contribution is 0.0904. The summed E-state index contributed by atoms with van der Waals surface area (Å²) in [4.78, 5) is 11.9. The Morgan fingerprint density at radius 3 is 2.89 bits per heavy atom. The smallest absolute Gasteiger partial charge is 0.268 e. The predicted octanol–water partition coefficient (Wildman–Crippen LogP) is 2.82. The van der Waals surface area contributed by atoms with Crippen LogP contribution in [0.1, 0.15) is 37.2 Å². The SMILES string of the molecule is CCCCOCCNC(=O)c1cc(Br)cn1CC. The van der Waals surface area contributed by atoms with E-state index in [1.807, 2.05) is 23.8 Å². The molecule has 0 radical (unpaired) electrons. The van der Waals surface area contributed by atoms with Gasteiger partial charge in [-0.2, -0.15) is 0 Å². The van der Waals surface area contributed by atoms with E-state index in [0.29, 0.717) is 18.8 Å². The number of hydrogen-bond acceptors (Lipinski definition) is 2. The first-order valence-corrected chi connectivity index (χ1v) is 7.20. The lowest BCUT2D eigenvalue weighted by Gasteiger charge is -2.08. The molecule has 4 nitrogen and oxygen atoms in total. The third kappa shape index (κ3) is 4.82. The fourth-order valence-electron chi connectivity index (χ4n) is 1.60. The molecule has 0 spiro atoms. The van der Waals surface area contributed by atoms with Crippen molar-refractivity contribution in [1.29, 1.82) is 0 Å². The lowest BCUT2D eigenvalue weighted by Crippen LogP contribution is -2.29. The van der Waals surface area contributed by atoms with Crippen molar-refractivity contribution in [1.82, 2.24) is 9.88 Å². The minimum absolute atomic E-state index is 0.0540. The predicted molar refractivity (Wildman–Crippen MR) is 75.9 cm³/mol. The largest absolute Gasteiger partial charge is 0.380 e. The van der Waals surface area contributed by atoms with E-state index in [1.165, 1.54) is 0 Å². The highest BCUT2D eigenvalue weighted by atomic mass is 79.9. The number of rotatable bonds is 8. The van der Waals surface area contributed by atoms with Crippen LogP contribution in [0.15, 0.2) is 16.7 Å². The van der Waals surface area contributed by atoms with Gasteiger partial charge in [0.05, 0.1) is 6.61 Å². The molecule has 0 saturated carbocycles. The Kier molecular flexibility index (Phi) is 7.05. The van der Waals surface area contributed by atoms with Crippen molar-refractivity contribution in [3.63, 3.8) is 0 Å². The van der Waals surface area contributed by atoms with Gasteiger partial charge in [0.1, 0.15) is 5.69 Å². The average Bonchev–Trinajstić information content (AvgIpc) is 2.74. The van der Waals surface area contributed by atoms with Crippen LogP contribution in [0.5, 0.6) is 0 Å². The standard InChI is InChI=1S/C13H21BrN2O2/c1-3-5-7-18-8-6-15-13(17)12-9-11(14)10-16(12)4-2/h9-10H,3-8H2,1-2H3,(H,15,17). The number of aromatic nitrogens is 1. The fourth-order valence-corrected chi connectivity index (χ4v) is 2.07. The molecule has 0 aliphatic carbocycles. The molecule has 102 valence electrons. The summed E-state index contributed by atoms with van der Waals surface area (Å²) in [5.41, 5.74) is 0.679.